The van der Waals surface area contributed by atoms with Gasteiger partial charge in [-0.3, -0.25) is 4.68 Å². The van der Waals surface area contributed by atoms with Gasteiger partial charge in [0.05, 0.1) is 5.69 Å². The van der Waals surface area contributed by atoms with E-state index in [9.17, 15) is 0 Å². The van der Waals surface area contributed by atoms with Gasteiger partial charge in [0.25, 0.3) is 0 Å². The SMILES string of the molecule is Cc1ccc(-c2c(C3CCC3)nn(C)c2N)cc1. The van der Waals surface area contributed by atoms with E-state index in [-0.39, 0.29) is 0 Å². The highest BCUT2D eigenvalue weighted by atomic mass is 15.3. The minimum Gasteiger partial charge on any atom is -0.383 e. The topological polar surface area (TPSA) is 43.8 Å². The Balaban J connectivity index is 2.11. The first kappa shape index (κ1) is 11.3. The molecule has 3 rings (SSSR count). The molecule has 0 bridgehead atoms. The van der Waals surface area contributed by atoms with E-state index in [1.807, 2.05) is 11.7 Å². The van der Waals surface area contributed by atoms with Crippen molar-refractivity contribution >= 4 is 5.82 Å². The number of hydrogen-bond donors (Lipinski definition) is 1. The Morgan fingerprint density at radius 3 is 2.44 bits per heavy atom. The summed E-state index contributed by atoms with van der Waals surface area (Å²) in [6.45, 7) is 2.10. The molecule has 1 aromatic carbocycles. The van der Waals surface area contributed by atoms with Gasteiger partial charge in [0.15, 0.2) is 0 Å². The van der Waals surface area contributed by atoms with Crippen molar-refractivity contribution in [3.63, 3.8) is 0 Å². The van der Waals surface area contributed by atoms with Crippen LogP contribution in [0.3, 0.4) is 0 Å². The first-order valence-electron chi connectivity index (χ1n) is 6.56. The molecule has 1 fully saturated rings. The zero-order valence-corrected chi connectivity index (χ0v) is 11.0. The molecule has 0 aliphatic heterocycles. The molecule has 0 saturated heterocycles. The van der Waals surface area contributed by atoms with Gasteiger partial charge >= 0.3 is 0 Å². The lowest BCUT2D eigenvalue weighted by Gasteiger charge is -2.24. The second kappa shape index (κ2) is 4.16. The minimum absolute atomic E-state index is 0.602. The Labute approximate surface area is 108 Å². The zero-order chi connectivity index (χ0) is 12.7. The summed E-state index contributed by atoms with van der Waals surface area (Å²) in [5.74, 6) is 1.38. The van der Waals surface area contributed by atoms with Crippen molar-refractivity contribution in [1.82, 2.24) is 9.78 Å². The summed E-state index contributed by atoms with van der Waals surface area (Å²) in [5, 5.41) is 4.62. The number of aryl methyl sites for hydroxylation is 2. The number of nitrogens with zero attached hydrogens (tertiary/aromatic N) is 2. The Hall–Kier alpha value is -1.77. The molecule has 1 heterocycles. The second-order valence-electron chi connectivity index (χ2n) is 5.26. The molecule has 1 aliphatic rings. The van der Waals surface area contributed by atoms with Gasteiger partial charge < -0.3 is 5.73 Å². The molecule has 94 valence electrons. The second-order valence-corrected chi connectivity index (χ2v) is 5.26. The van der Waals surface area contributed by atoms with Gasteiger partial charge in [-0.1, -0.05) is 36.2 Å². The van der Waals surface area contributed by atoms with Crippen molar-refractivity contribution in [3.8, 4) is 11.1 Å². The third kappa shape index (κ3) is 1.70. The molecule has 0 unspecified atom stereocenters. The summed E-state index contributed by atoms with van der Waals surface area (Å²) in [5.41, 5.74) is 11.0. The maximum Gasteiger partial charge on any atom is 0.129 e. The third-order valence-corrected chi connectivity index (χ3v) is 3.95. The van der Waals surface area contributed by atoms with E-state index in [0.717, 1.165) is 11.4 Å². The highest BCUT2D eigenvalue weighted by Crippen LogP contribution is 2.42. The van der Waals surface area contributed by atoms with Crippen LogP contribution in [0.4, 0.5) is 5.82 Å². The lowest BCUT2D eigenvalue weighted by atomic mass is 9.80. The molecular weight excluding hydrogens is 222 g/mol. The molecule has 2 N–H and O–H groups in total. The molecule has 2 aromatic rings. The number of benzene rings is 1. The molecule has 0 spiro atoms. The number of nitrogens with two attached hydrogens (primary N) is 1. The van der Waals surface area contributed by atoms with Crippen molar-refractivity contribution in [2.45, 2.75) is 32.1 Å². The van der Waals surface area contributed by atoms with Crippen LogP contribution in [-0.2, 0) is 7.05 Å². The van der Waals surface area contributed by atoms with Crippen LogP contribution in [0.15, 0.2) is 24.3 Å². The lowest BCUT2D eigenvalue weighted by molar-refractivity contribution is 0.408. The van der Waals surface area contributed by atoms with E-state index in [1.165, 1.54) is 36.1 Å². The van der Waals surface area contributed by atoms with Gasteiger partial charge in [-0.15, -0.1) is 0 Å². The van der Waals surface area contributed by atoms with Crippen LogP contribution < -0.4 is 5.73 Å². The molecule has 1 aromatic heterocycles. The summed E-state index contributed by atoms with van der Waals surface area (Å²) in [6, 6.07) is 8.55. The van der Waals surface area contributed by atoms with E-state index in [0.29, 0.717) is 5.92 Å². The van der Waals surface area contributed by atoms with Crippen molar-refractivity contribution in [1.29, 1.82) is 0 Å². The van der Waals surface area contributed by atoms with E-state index in [2.05, 4.69) is 36.3 Å². The predicted molar refractivity (Wildman–Crippen MR) is 74.4 cm³/mol. The predicted octanol–water partition coefficient (Wildman–Crippen LogP) is 3.25. The zero-order valence-electron chi connectivity index (χ0n) is 11.0. The lowest BCUT2D eigenvalue weighted by Crippen LogP contribution is -2.10. The van der Waals surface area contributed by atoms with Gasteiger partial charge in [0, 0.05) is 18.5 Å². The molecule has 1 saturated carbocycles. The molecule has 0 amide bonds. The van der Waals surface area contributed by atoms with Crippen LogP contribution in [0.25, 0.3) is 11.1 Å². The molecule has 1 aliphatic carbocycles. The molecule has 3 heteroatoms. The monoisotopic (exact) mass is 241 g/mol. The van der Waals surface area contributed by atoms with Crippen LogP contribution >= 0.6 is 0 Å². The number of rotatable bonds is 2. The van der Waals surface area contributed by atoms with Crippen LogP contribution in [0, 0.1) is 6.92 Å². The Kier molecular flexibility index (Phi) is 2.62. The van der Waals surface area contributed by atoms with Gasteiger partial charge in [-0.05, 0) is 25.3 Å². The van der Waals surface area contributed by atoms with Crippen molar-refractivity contribution in [2.24, 2.45) is 7.05 Å². The van der Waals surface area contributed by atoms with E-state index in [4.69, 9.17) is 5.73 Å². The average Bonchev–Trinajstić information content (AvgIpc) is 2.55. The molecular formula is C15H19N3. The van der Waals surface area contributed by atoms with Gasteiger partial charge in [0.2, 0.25) is 0 Å². The quantitative estimate of drug-likeness (QED) is 0.877. The fourth-order valence-corrected chi connectivity index (χ4v) is 2.54. The molecule has 3 nitrogen and oxygen atoms in total. The molecule has 0 atom stereocenters. The standard InChI is InChI=1S/C15H19N3/c1-10-6-8-11(9-7-10)13-14(12-4-3-5-12)17-18(2)15(13)16/h6-9,12H,3-5,16H2,1-2H3. The van der Waals surface area contributed by atoms with Crippen LogP contribution in [0.5, 0.6) is 0 Å². The van der Waals surface area contributed by atoms with E-state index >= 15 is 0 Å². The Morgan fingerprint density at radius 2 is 1.89 bits per heavy atom. The average molecular weight is 241 g/mol. The number of anilines is 1. The molecule has 0 radical (unpaired) electrons. The van der Waals surface area contributed by atoms with Crippen LogP contribution in [0.1, 0.15) is 36.4 Å². The van der Waals surface area contributed by atoms with E-state index in [1.54, 1.807) is 0 Å². The number of nitrogen functional groups attached to an aromatic ring is 1. The summed E-state index contributed by atoms with van der Waals surface area (Å²) in [4.78, 5) is 0. The Morgan fingerprint density at radius 1 is 1.22 bits per heavy atom. The van der Waals surface area contributed by atoms with E-state index < -0.39 is 0 Å². The minimum atomic E-state index is 0.602. The van der Waals surface area contributed by atoms with Gasteiger partial charge in [-0.25, -0.2) is 0 Å². The first-order chi connectivity index (χ1) is 8.66. The summed E-state index contributed by atoms with van der Waals surface area (Å²) in [6.07, 6.45) is 3.80. The summed E-state index contributed by atoms with van der Waals surface area (Å²) >= 11 is 0. The van der Waals surface area contributed by atoms with Crippen molar-refractivity contribution in [3.05, 3.63) is 35.5 Å². The van der Waals surface area contributed by atoms with Gasteiger partial charge in [-0.2, -0.15) is 5.10 Å². The highest BCUT2D eigenvalue weighted by Gasteiger charge is 2.27. The fourth-order valence-electron chi connectivity index (χ4n) is 2.54. The highest BCUT2D eigenvalue weighted by molar-refractivity contribution is 5.77. The first-order valence-corrected chi connectivity index (χ1v) is 6.56. The van der Waals surface area contributed by atoms with Crippen molar-refractivity contribution < 1.29 is 0 Å². The number of hydrogen-bond acceptors (Lipinski definition) is 2. The molecule has 18 heavy (non-hydrogen) atoms. The third-order valence-electron chi connectivity index (χ3n) is 3.95. The summed E-state index contributed by atoms with van der Waals surface area (Å²) in [7, 11) is 1.93. The van der Waals surface area contributed by atoms with Gasteiger partial charge in [0.1, 0.15) is 5.82 Å². The summed E-state index contributed by atoms with van der Waals surface area (Å²) < 4.78 is 1.81. The maximum absolute atomic E-state index is 6.19. The smallest absolute Gasteiger partial charge is 0.129 e. The normalized spacial score (nSPS) is 15.7. The fraction of sp³-hybridized carbons (Fsp3) is 0.400. The largest absolute Gasteiger partial charge is 0.383 e. The number of aromatic nitrogens is 2. The van der Waals surface area contributed by atoms with Crippen molar-refractivity contribution in [2.75, 3.05) is 5.73 Å². The van der Waals surface area contributed by atoms with Crippen LogP contribution in [0.2, 0.25) is 0 Å². The van der Waals surface area contributed by atoms with Crippen LogP contribution in [-0.4, -0.2) is 9.78 Å². The maximum atomic E-state index is 6.19. The Bertz CT molecular complexity index is 562.